The molecule has 0 saturated carbocycles. The number of alkyl halides is 3. The van der Waals surface area contributed by atoms with E-state index in [1.54, 1.807) is 22.7 Å². The highest BCUT2D eigenvalue weighted by Gasteiger charge is 2.34. The summed E-state index contributed by atoms with van der Waals surface area (Å²) in [5, 5.41) is 20.2. The molecule has 1 aliphatic rings. The Hall–Kier alpha value is -3.19. The molecule has 0 fully saturated rings. The van der Waals surface area contributed by atoms with Crippen LogP contribution in [0.15, 0.2) is 30.5 Å². The number of carbonyl (C=O) groups is 2. The number of nitrogens with zero attached hydrogens (tertiary/aromatic N) is 5. The molecular weight excluding hydrogens is 493 g/mol. The molecule has 1 aromatic carbocycles. The van der Waals surface area contributed by atoms with E-state index in [-0.39, 0.29) is 50.2 Å². The molecule has 10 nitrogen and oxygen atoms in total. The van der Waals surface area contributed by atoms with Crippen molar-refractivity contribution in [2.45, 2.75) is 58.2 Å². The van der Waals surface area contributed by atoms with Crippen molar-refractivity contribution >= 4 is 17.6 Å². The number of fused-ring (bicyclic) bond motifs is 2. The second-order valence-electron chi connectivity index (χ2n) is 9.33. The van der Waals surface area contributed by atoms with Gasteiger partial charge in [-0.15, -0.1) is 5.10 Å². The van der Waals surface area contributed by atoms with Gasteiger partial charge in [0.15, 0.2) is 0 Å². The molecule has 13 heteroatoms. The van der Waals surface area contributed by atoms with E-state index < -0.39 is 29.9 Å². The van der Waals surface area contributed by atoms with Crippen molar-refractivity contribution in [2.75, 3.05) is 32.1 Å². The molecule has 2 bridgehead atoms. The van der Waals surface area contributed by atoms with Crippen LogP contribution >= 0.6 is 0 Å². The van der Waals surface area contributed by atoms with Crippen molar-refractivity contribution in [2.24, 2.45) is 5.92 Å². The van der Waals surface area contributed by atoms with Crippen LogP contribution in [0.3, 0.4) is 0 Å². The van der Waals surface area contributed by atoms with E-state index in [9.17, 15) is 27.9 Å². The minimum absolute atomic E-state index is 0.0326. The highest BCUT2D eigenvalue weighted by Crippen LogP contribution is 2.34. The lowest BCUT2D eigenvalue weighted by molar-refractivity contribution is -0.137. The number of nitrogens with one attached hydrogen (secondary N) is 1. The summed E-state index contributed by atoms with van der Waals surface area (Å²) in [5.41, 5.74) is -0.714. The lowest BCUT2D eigenvalue weighted by Gasteiger charge is -2.35. The average Bonchev–Trinajstić information content (AvgIpc) is 3.31. The fraction of sp³-hybridized carbons (Fsp3) is 0.583. The molecule has 1 aromatic heterocycles. The van der Waals surface area contributed by atoms with E-state index in [1.165, 1.54) is 30.1 Å². The van der Waals surface area contributed by atoms with E-state index in [0.29, 0.717) is 18.7 Å². The number of aromatic nitrogens is 3. The van der Waals surface area contributed by atoms with Crippen molar-refractivity contribution in [1.29, 1.82) is 0 Å². The first-order chi connectivity index (χ1) is 17.5. The number of anilines is 1. The Bertz CT molecular complexity index is 1060. The van der Waals surface area contributed by atoms with Gasteiger partial charge in [0.05, 0.1) is 42.8 Å². The van der Waals surface area contributed by atoms with Gasteiger partial charge in [0.1, 0.15) is 5.69 Å². The van der Waals surface area contributed by atoms with E-state index in [4.69, 9.17) is 4.74 Å². The molecule has 0 saturated heterocycles. The predicted octanol–water partition coefficient (Wildman–Crippen LogP) is 2.99. The largest absolute Gasteiger partial charge is 0.418 e. The summed E-state index contributed by atoms with van der Waals surface area (Å²) in [6.45, 7) is 4.30. The van der Waals surface area contributed by atoms with E-state index in [2.05, 4.69) is 15.6 Å². The number of hydrogen-bond acceptors (Lipinski definition) is 6. The number of rotatable bonds is 5. The van der Waals surface area contributed by atoms with E-state index in [1.807, 2.05) is 6.92 Å². The molecular formula is C24H33F3N6O4. The Kier molecular flexibility index (Phi) is 9.49. The third-order valence-electron chi connectivity index (χ3n) is 6.32. The number of urea groups is 1. The minimum atomic E-state index is -4.62. The second kappa shape index (κ2) is 12.4. The van der Waals surface area contributed by atoms with Gasteiger partial charge in [-0.05, 0) is 25.5 Å². The Labute approximate surface area is 213 Å². The van der Waals surface area contributed by atoms with Gasteiger partial charge < -0.3 is 25.0 Å². The van der Waals surface area contributed by atoms with Crippen molar-refractivity contribution in [1.82, 2.24) is 24.8 Å². The summed E-state index contributed by atoms with van der Waals surface area (Å²) in [4.78, 5) is 28.6. The molecule has 0 radical (unpaired) electrons. The molecule has 3 rings (SSSR count). The van der Waals surface area contributed by atoms with Gasteiger partial charge in [-0.2, -0.15) is 13.2 Å². The smallest absolute Gasteiger partial charge is 0.394 e. The van der Waals surface area contributed by atoms with Gasteiger partial charge in [-0.3, -0.25) is 9.48 Å². The molecule has 1 aliphatic heterocycles. The van der Waals surface area contributed by atoms with Gasteiger partial charge in [0.2, 0.25) is 5.91 Å². The van der Waals surface area contributed by atoms with Crippen molar-refractivity contribution in [3.8, 4) is 0 Å². The summed E-state index contributed by atoms with van der Waals surface area (Å²) in [7, 11) is 1.46. The van der Waals surface area contributed by atoms with E-state index in [0.717, 1.165) is 6.07 Å². The van der Waals surface area contributed by atoms with Gasteiger partial charge in [0.25, 0.3) is 0 Å². The number of aliphatic hydroxyl groups excluding tert-OH is 1. The van der Waals surface area contributed by atoms with Crippen LogP contribution in [0.4, 0.5) is 23.7 Å². The zero-order valence-corrected chi connectivity index (χ0v) is 21.1. The van der Waals surface area contributed by atoms with Crippen LogP contribution < -0.4 is 5.32 Å². The maximum absolute atomic E-state index is 13.3. The molecule has 37 heavy (non-hydrogen) atoms. The van der Waals surface area contributed by atoms with Crippen LogP contribution in [-0.2, 0) is 28.9 Å². The number of aliphatic hydroxyl groups is 1. The van der Waals surface area contributed by atoms with Crippen LogP contribution in [0.2, 0.25) is 0 Å². The van der Waals surface area contributed by atoms with Gasteiger partial charge in [-0.25, -0.2) is 4.79 Å². The predicted molar refractivity (Wildman–Crippen MR) is 128 cm³/mol. The molecule has 3 amide bonds. The Morgan fingerprint density at radius 1 is 1.35 bits per heavy atom. The number of hydrogen-bond donors (Lipinski definition) is 2. The summed E-state index contributed by atoms with van der Waals surface area (Å²) >= 11 is 0. The minimum Gasteiger partial charge on any atom is -0.394 e. The third kappa shape index (κ3) is 7.65. The number of halogens is 3. The number of aryl methyl sites for hydroxylation is 1. The highest BCUT2D eigenvalue weighted by atomic mass is 19.4. The van der Waals surface area contributed by atoms with Gasteiger partial charge in [-0.1, -0.05) is 24.3 Å². The first-order valence-corrected chi connectivity index (χ1v) is 12.1. The Morgan fingerprint density at radius 2 is 2.08 bits per heavy atom. The third-order valence-corrected chi connectivity index (χ3v) is 6.32. The fourth-order valence-corrected chi connectivity index (χ4v) is 4.10. The zero-order valence-electron chi connectivity index (χ0n) is 21.1. The quantitative estimate of drug-likeness (QED) is 0.620. The average molecular weight is 527 g/mol. The topological polar surface area (TPSA) is 113 Å². The standard InChI is InChI=1S/C24H33F3N6O4/c1-16-11-33(17(2)14-34)22(35)9-6-10-32-12-18(29-30-32)15-37-21(16)13-31(3)23(36)28-20-8-5-4-7-19(20)24(25,26)27/h4-5,7-8,12,16-17,21,34H,6,9-11,13-15H2,1-3H3,(H,28,36)/t16-,17-,21-/m0/s1. The molecule has 204 valence electrons. The first-order valence-electron chi connectivity index (χ1n) is 12.1. The molecule has 0 unspecified atom stereocenters. The van der Waals surface area contributed by atoms with Gasteiger partial charge in [0, 0.05) is 39.0 Å². The van der Waals surface area contributed by atoms with Crippen LogP contribution in [0.1, 0.15) is 37.9 Å². The first kappa shape index (κ1) is 28.4. The zero-order chi connectivity index (χ0) is 27.2. The number of likely N-dealkylation sites (N-methyl/N-ethyl adjacent to an activating group) is 1. The molecule has 0 spiro atoms. The van der Waals surface area contributed by atoms with Crippen LogP contribution in [-0.4, -0.2) is 80.7 Å². The lowest BCUT2D eigenvalue weighted by atomic mass is 10.0. The van der Waals surface area contributed by atoms with Crippen molar-refractivity contribution in [3.63, 3.8) is 0 Å². The number of ether oxygens (including phenoxy) is 1. The Morgan fingerprint density at radius 3 is 2.78 bits per heavy atom. The number of benzene rings is 1. The summed E-state index contributed by atoms with van der Waals surface area (Å²) in [6, 6.07) is 3.59. The molecule has 0 aliphatic carbocycles. The fourth-order valence-electron chi connectivity index (χ4n) is 4.10. The van der Waals surface area contributed by atoms with Crippen molar-refractivity contribution < 1.29 is 32.6 Å². The van der Waals surface area contributed by atoms with Gasteiger partial charge >= 0.3 is 12.2 Å². The number of carbonyl (C=O) groups excluding carboxylic acids is 2. The van der Waals surface area contributed by atoms with Crippen LogP contribution in [0, 0.1) is 5.92 Å². The number of para-hydroxylation sites is 1. The number of amides is 3. The summed E-state index contributed by atoms with van der Waals surface area (Å²) < 4.78 is 47.8. The second-order valence-corrected chi connectivity index (χ2v) is 9.33. The monoisotopic (exact) mass is 526 g/mol. The maximum Gasteiger partial charge on any atom is 0.418 e. The van der Waals surface area contributed by atoms with Crippen LogP contribution in [0.5, 0.6) is 0 Å². The SMILES string of the molecule is C[C@H]1CN([C@@H](C)CO)C(=O)CCCn2cc(nn2)CO[C@H]1CN(C)C(=O)Nc1ccccc1C(F)(F)F. The molecule has 2 aromatic rings. The Balaban J connectivity index is 1.78. The summed E-state index contributed by atoms with van der Waals surface area (Å²) in [5.74, 6) is -0.409. The summed E-state index contributed by atoms with van der Waals surface area (Å²) in [6.07, 6.45) is -2.68. The van der Waals surface area contributed by atoms with Crippen molar-refractivity contribution in [3.05, 3.63) is 41.7 Å². The molecule has 2 heterocycles. The molecule has 2 N–H and O–H groups in total. The van der Waals surface area contributed by atoms with Crippen LogP contribution in [0.25, 0.3) is 0 Å². The van der Waals surface area contributed by atoms with E-state index >= 15 is 0 Å². The molecule has 3 atom stereocenters. The normalized spacial score (nSPS) is 20.4. The lowest BCUT2D eigenvalue weighted by Crippen LogP contribution is -2.48. The maximum atomic E-state index is 13.3. The highest BCUT2D eigenvalue weighted by molar-refractivity contribution is 5.90.